The maximum Gasteiger partial charge on any atom is 0.240 e. The number of halogens is 1. The number of amides is 2. The number of hydrogen-bond donors (Lipinski definition) is 2. The number of carbonyl (C=O) groups excluding carboxylic acids is 2. The predicted octanol–water partition coefficient (Wildman–Crippen LogP) is 3.57. The zero-order valence-electron chi connectivity index (χ0n) is 14.2. The molecule has 0 aromatic heterocycles. The van der Waals surface area contributed by atoms with Crippen molar-refractivity contribution in [3.05, 3.63) is 64.7 Å². The number of benzene rings is 2. The molecule has 1 aliphatic heterocycles. The zero-order valence-corrected chi connectivity index (χ0v) is 15.7. The fraction of sp³-hybridized carbons (Fsp3) is 0.211. The van der Waals surface area contributed by atoms with Gasteiger partial charge in [0.25, 0.3) is 0 Å². The number of thioether (sulfide) groups is 1. The van der Waals surface area contributed by atoms with Crippen molar-refractivity contribution < 1.29 is 9.59 Å². The van der Waals surface area contributed by atoms with Crippen molar-refractivity contribution in [1.82, 2.24) is 10.6 Å². The zero-order chi connectivity index (χ0) is 18.5. The van der Waals surface area contributed by atoms with Crippen LogP contribution in [0.25, 0.3) is 0 Å². The highest BCUT2D eigenvalue weighted by Crippen LogP contribution is 2.25. The van der Waals surface area contributed by atoms with Gasteiger partial charge in [-0.3, -0.25) is 9.59 Å². The minimum Gasteiger partial charge on any atom is -0.352 e. The normalized spacial score (nSPS) is 18.0. The molecule has 2 aromatic carbocycles. The smallest absolute Gasteiger partial charge is 0.240 e. The SMILES string of the molecule is Cc1ccc(N=C2NC(=O)[C@H](CC(=O)NCc3ccc(Cl)cc3)S2)cc1. The monoisotopic (exact) mass is 387 g/mol. The maximum atomic E-state index is 12.1. The Morgan fingerprint density at radius 2 is 1.88 bits per heavy atom. The van der Waals surface area contributed by atoms with Gasteiger partial charge in [-0.25, -0.2) is 4.99 Å². The van der Waals surface area contributed by atoms with Crippen LogP contribution in [-0.2, 0) is 16.1 Å². The van der Waals surface area contributed by atoms with Crippen LogP contribution in [0.2, 0.25) is 5.02 Å². The first-order chi connectivity index (χ1) is 12.5. The lowest BCUT2D eigenvalue weighted by Crippen LogP contribution is -2.31. The number of aliphatic imine (C=N–C) groups is 1. The highest BCUT2D eigenvalue weighted by atomic mass is 35.5. The van der Waals surface area contributed by atoms with Crippen LogP contribution in [-0.4, -0.2) is 22.2 Å². The second-order valence-corrected chi connectivity index (χ2v) is 7.58. The van der Waals surface area contributed by atoms with Gasteiger partial charge in [0.2, 0.25) is 11.8 Å². The van der Waals surface area contributed by atoms with Crippen molar-refractivity contribution in [3.8, 4) is 0 Å². The molecule has 134 valence electrons. The van der Waals surface area contributed by atoms with E-state index in [4.69, 9.17) is 11.6 Å². The molecule has 7 heteroatoms. The predicted molar refractivity (Wildman–Crippen MR) is 106 cm³/mol. The molecule has 1 atom stereocenters. The molecule has 0 aliphatic carbocycles. The maximum absolute atomic E-state index is 12.1. The average Bonchev–Trinajstić information content (AvgIpc) is 2.95. The van der Waals surface area contributed by atoms with Crippen molar-refractivity contribution in [3.63, 3.8) is 0 Å². The lowest BCUT2D eigenvalue weighted by atomic mass is 10.2. The number of nitrogens with one attached hydrogen (secondary N) is 2. The molecular weight excluding hydrogens is 370 g/mol. The highest BCUT2D eigenvalue weighted by molar-refractivity contribution is 8.15. The van der Waals surface area contributed by atoms with E-state index in [9.17, 15) is 9.59 Å². The number of rotatable bonds is 5. The molecule has 26 heavy (non-hydrogen) atoms. The Morgan fingerprint density at radius 3 is 2.58 bits per heavy atom. The standard InChI is InChI=1S/C19H18ClN3O2S/c1-12-2-8-15(9-3-12)22-19-23-18(25)16(26-19)10-17(24)21-11-13-4-6-14(20)7-5-13/h2-9,16H,10-11H2,1H3,(H,21,24)(H,22,23,25)/t16-/m0/s1. The van der Waals surface area contributed by atoms with Gasteiger partial charge in [-0.05, 0) is 36.8 Å². The summed E-state index contributed by atoms with van der Waals surface area (Å²) in [7, 11) is 0. The fourth-order valence-corrected chi connectivity index (χ4v) is 3.49. The molecule has 0 spiro atoms. The fourth-order valence-electron chi connectivity index (χ4n) is 2.37. The summed E-state index contributed by atoms with van der Waals surface area (Å²) in [4.78, 5) is 28.6. The molecule has 3 rings (SSSR count). The number of nitrogens with zero attached hydrogens (tertiary/aromatic N) is 1. The lowest BCUT2D eigenvalue weighted by molar-refractivity contribution is -0.125. The first-order valence-corrected chi connectivity index (χ1v) is 9.39. The van der Waals surface area contributed by atoms with Crippen LogP contribution < -0.4 is 10.6 Å². The number of hydrogen-bond acceptors (Lipinski definition) is 4. The highest BCUT2D eigenvalue weighted by Gasteiger charge is 2.32. The van der Waals surface area contributed by atoms with Crippen molar-refractivity contribution in [2.24, 2.45) is 4.99 Å². The van der Waals surface area contributed by atoms with E-state index < -0.39 is 5.25 Å². The van der Waals surface area contributed by atoms with Gasteiger partial charge in [0, 0.05) is 18.0 Å². The van der Waals surface area contributed by atoms with E-state index in [2.05, 4.69) is 15.6 Å². The van der Waals surface area contributed by atoms with Gasteiger partial charge in [-0.1, -0.05) is 53.2 Å². The summed E-state index contributed by atoms with van der Waals surface area (Å²) in [5.41, 5.74) is 2.87. The second kappa shape index (κ2) is 8.38. The van der Waals surface area contributed by atoms with E-state index in [0.29, 0.717) is 16.7 Å². The van der Waals surface area contributed by atoms with E-state index in [0.717, 1.165) is 16.8 Å². The summed E-state index contributed by atoms with van der Waals surface area (Å²) in [6.45, 7) is 2.40. The van der Waals surface area contributed by atoms with Gasteiger partial charge < -0.3 is 10.6 Å². The van der Waals surface area contributed by atoms with E-state index in [1.165, 1.54) is 11.8 Å². The summed E-state index contributed by atoms with van der Waals surface area (Å²) in [6.07, 6.45) is 0.108. The van der Waals surface area contributed by atoms with Crippen LogP contribution in [0.3, 0.4) is 0 Å². The van der Waals surface area contributed by atoms with Gasteiger partial charge in [0.1, 0.15) is 5.25 Å². The Labute approximate surface area is 161 Å². The molecule has 2 N–H and O–H groups in total. The molecule has 0 radical (unpaired) electrons. The summed E-state index contributed by atoms with van der Waals surface area (Å²) >= 11 is 7.12. The Bertz CT molecular complexity index is 835. The van der Waals surface area contributed by atoms with Crippen molar-refractivity contribution in [2.75, 3.05) is 0 Å². The quantitative estimate of drug-likeness (QED) is 0.823. The second-order valence-electron chi connectivity index (χ2n) is 5.96. The molecule has 0 bridgehead atoms. The molecule has 1 aliphatic rings. The first-order valence-electron chi connectivity index (χ1n) is 8.13. The van der Waals surface area contributed by atoms with Crippen LogP contribution in [0, 0.1) is 6.92 Å². The van der Waals surface area contributed by atoms with Crippen molar-refractivity contribution in [1.29, 1.82) is 0 Å². The average molecular weight is 388 g/mol. The Hall–Kier alpha value is -2.31. The lowest BCUT2D eigenvalue weighted by Gasteiger charge is -2.07. The van der Waals surface area contributed by atoms with E-state index in [1.54, 1.807) is 12.1 Å². The first kappa shape index (κ1) is 18.5. The van der Waals surface area contributed by atoms with Crippen molar-refractivity contribution >= 4 is 46.0 Å². The molecule has 0 saturated carbocycles. The third kappa shape index (κ3) is 5.09. The van der Waals surface area contributed by atoms with Gasteiger partial charge in [0.05, 0.1) is 5.69 Å². The number of carbonyl (C=O) groups is 2. The number of aryl methyl sites for hydroxylation is 1. The van der Waals surface area contributed by atoms with Gasteiger partial charge in [0.15, 0.2) is 5.17 Å². The van der Waals surface area contributed by atoms with Crippen LogP contribution in [0.1, 0.15) is 17.5 Å². The molecule has 1 fully saturated rings. The van der Waals surface area contributed by atoms with Crippen LogP contribution in [0.5, 0.6) is 0 Å². The summed E-state index contributed by atoms with van der Waals surface area (Å²) in [5.74, 6) is -0.369. The van der Waals surface area contributed by atoms with E-state index in [1.807, 2.05) is 43.3 Å². The van der Waals surface area contributed by atoms with E-state index in [-0.39, 0.29) is 18.2 Å². The molecule has 2 amide bonds. The minimum absolute atomic E-state index is 0.108. The third-order valence-corrected chi connectivity index (χ3v) is 5.15. The summed E-state index contributed by atoms with van der Waals surface area (Å²) in [6, 6.07) is 15.0. The molecule has 2 aromatic rings. The Kier molecular flexibility index (Phi) is 5.96. The van der Waals surface area contributed by atoms with Crippen LogP contribution in [0.4, 0.5) is 5.69 Å². The van der Waals surface area contributed by atoms with Gasteiger partial charge in [-0.2, -0.15) is 0 Å². The largest absolute Gasteiger partial charge is 0.352 e. The minimum atomic E-state index is -0.468. The van der Waals surface area contributed by atoms with Crippen molar-refractivity contribution in [2.45, 2.75) is 25.1 Å². The van der Waals surface area contributed by atoms with Crippen LogP contribution in [0.15, 0.2) is 53.5 Å². The van der Waals surface area contributed by atoms with Gasteiger partial charge >= 0.3 is 0 Å². The molecule has 1 heterocycles. The molecule has 5 nitrogen and oxygen atoms in total. The van der Waals surface area contributed by atoms with E-state index >= 15 is 0 Å². The summed E-state index contributed by atoms with van der Waals surface area (Å²) in [5, 5.41) is 6.26. The molecular formula is C19H18ClN3O2S. The Balaban J connectivity index is 1.53. The topological polar surface area (TPSA) is 70.6 Å². The van der Waals surface area contributed by atoms with Crippen LogP contribution >= 0.6 is 23.4 Å². The number of amidine groups is 1. The third-order valence-electron chi connectivity index (χ3n) is 3.81. The molecule has 0 unspecified atom stereocenters. The van der Waals surface area contributed by atoms with Gasteiger partial charge in [-0.15, -0.1) is 0 Å². The molecule has 1 saturated heterocycles. The summed E-state index contributed by atoms with van der Waals surface area (Å²) < 4.78 is 0. The Morgan fingerprint density at radius 1 is 1.19 bits per heavy atom.